The van der Waals surface area contributed by atoms with Crippen molar-refractivity contribution >= 4 is 10.2 Å². The van der Waals surface area contributed by atoms with Crippen LogP contribution in [0.3, 0.4) is 0 Å². The fourth-order valence-electron chi connectivity index (χ4n) is 2.42. The van der Waals surface area contributed by atoms with Crippen LogP contribution in [-0.4, -0.2) is 37.9 Å². The number of hydrogen-bond acceptors (Lipinski definition) is 3. The average molecular weight is 277 g/mol. The SMILES string of the molecule is CCCN(CCC)S(=O)(=O)N[C@@H]1CCCC[C@H]1N. The quantitative estimate of drug-likeness (QED) is 0.734. The second kappa shape index (κ2) is 7.43. The molecule has 5 nitrogen and oxygen atoms in total. The van der Waals surface area contributed by atoms with E-state index in [-0.39, 0.29) is 12.1 Å². The highest BCUT2D eigenvalue weighted by Gasteiger charge is 2.29. The van der Waals surface area contributed by atoms with E-state index < -0.39 is 10.2 Å². The van der Waals surface area contributed by atoms with Crippen molar-refractivity contribution in [2.45, 2.75) is 64.5 Å². The van der Waals surface area contributed by atoms with E-state index in [9.17, 15) is 8.42 Å². The van der Waals surface area contributed by atoms with Gasteiger partial charge in [0.2, 0.25) is 0 Å². The number of rotatable bonds is 7. The molecule has 1 aliphatic carbocycles. The molecule has 1 saturated carbocycles. The standard InChI is InChI=1S/C12H27N3O2S/c1-3-9-15(10-4-2)18(16,17)14-12-8-6-5-7-11(12)13/h11-12,14H,3-10,13H2,1-2H3/t11-,12-/m1/s1. The van der Waals surface area contributed by atoms with Crippen LogP contribution < -0.4 is 10.5 Å². The van der Waals surface area contributed by atoms with Crippen molar-refractivity contribution in [1.82, 2.24) is 9.03 Å². The molecular weight excluding hydrogens is 250 g/mol. The lowest BCUT2D eigenvalue weighted by molar-refractivity contribution is 0.341. The highest BCUT2D eigenvalue weighted by atomic mass is 32.2. The van der Waals surface area contributed by atoms with Gasteiger partial charge in [0.15, 0.2) is 0 Å². The molecule has 0 heterocycles. The van der Waals surface area contributed by atoms with Gasteiger partial charge >= 0.3 is 0 Å². The van der Waals surface area contributed by atoms with Gasteiger partial charge in [0.25, 0.3) is 10.2 Å². The average Bonchev–Trinajstić information content (AvgIpc) is 2.32. The van der Waals surface area contributed by atoms with Crippen LogP contribution >= 0.6 is 0 Å². The first-order valence-electron chi connectivity index (χ1n) is 7.04. The van der Waals surface area contributed by atoms with E-state index in [2.05, 4.69) is 4.72 Å². The van der Waals surface area contributed by atoms with E-state index in [0.29, 0.717) is 13.1 Å². The van der Waals surface area contributed by atoms with E-state index in [1.54, 1.807) is 0 Å². The van der Waals surface area contributed by atoms with Crippen LogP contribution in [-0.2, 0) is 10.2 Å². The Morgan fingerprint density at radius 3 is 2.22 bits per heavy atom. The molecule has 0 saturated heterocycles. The van der Waals surface area contributed by atoms with Gasteiger partial charge in [-0.25, -0.2) is 0 Å². The highest BCUT2D eigenvalue weighted by Crippen LogP contribution is 2.18. The topological polar surface area (TPSA) is 75.4 Å². The van der Waals surface area contributed by atoms with Crippen LogP contribution in [0.2, 0.25) is 0 Å². The Morgan fingerprint density at radius 2 is 1.72 bits per heavy atom. The number of nitrogens with two attached hydrogens (primary N) is 1. The van der Waals surface area contributed by atoms with Crippen molar-refractivity contribution in [3.63, 3.8) is 0 Å². The van der Waals surface area contributed by atoms with Gasteiger partial charge < -0.3 is 5.73 Å². The lowest BCUT2D eigenvalue weighted by Gasteiger charge is -2.31. The van der Waals surface area contributed by atoms with Crippen molar-refractivity contribution in [3.8, 4) is 0 Å². The van der Waals surface area contributed by atoms with Gasteiger partial charge in [0, 0.05) is 25.2 Å². The summed E-state index contributed by atoms with van der Waals surface area (Å²) in [4.78, 5) is 0. The molecule has 0 bridgehead atoms. The minimum Gasteiger partial charge on any atom is -0.326 e. The second-order valence-electron chi connectivity index (χ2n) is 5.08. The van der Waals surface area contributed by atoms with Gasteiger partial charge in [-0.1, -0.05) is 26.7 Å². The molecule has 0 radical (unpaired) electrons. The Bertz CT molecular complexity index is 326. The molecule has 1 rings (SSSR count). The molecule has 0 aromatic heterocycles. The van der Waals surface area contributed by atoms with Gasteiger partial charge in [-0.2, -0.15) is 17.4 Å². The third-order valence-electron chi connectivity index (χ3n) is 3.41. The molecule has 0 amide bonds. The maximum atomic E-state index is 12.3. The summed E-state index contributed by atoms with van der Waals surface area (Å²) in [6, 6.07) is -0.140. The fraction of sp³-hybridized carbons (Fsp3) is 1.00. The molecule has 0 unspecified atom stereocenters. The number of hydrogen-bond donors (Lipinski definition) is 2. The summed E-state index contributed by atoms with van der Waals surface area (Å²) >= 11 is 0. The Hall–Kier alpha value is -0.170. The zero-order chi connectivity index (χ0) is 13.6. The molecule has 6 heteroatoms. The third-order valence-corrected chi connectivity index (χ3v) is 5.05. The molecule has 18 heavy (non-hydrogen) atoms. The smallest absolute Gasteiger partial charge is 0.279 e. The highest BCUT2D eigenvalue weighted by molar-refractivity contribution is 7.87. The predicted octanol–water partition coefficient (Wildman–Crippen LogP) is 1.21. The maximum absolute atomic E-state index is 12.3. The van der Waals surface area contributed by atoms with Crippen molar-refractivity contribution in [1.29, 1.82) is 0 Å². The molecule has 3 N–H and O–H groups in total. The fourth-order valence-corrected chi connectivity index (χ4v) is 4.09. The summed E-state index contributed by atoms with van der Waals surface area (Å²) < 4.78 is 28.9. The largest absolute Gasteiger partial charge is 0.326 e. The number of nitrogens with one attached hydrogen (secondary N) is 1. The summed E-state index contributed by atoms with van der Waals surface area (Å²) in [5.74, 6) is 0. The first-order valence-corrected chi connectivity index (χ1v) is 8.48. The Morgan fingerprint density at radius 1 is 1.17 bits per heavy atom. The summed E-state index contributed by atoms with van der Waals surface area (Å²) in [6.45, 7) is 5.13. The Kier molecular flexibility index (Phi) is 6.55. The molecule has 1 fully saturated rings. The number of nitrogens with zero attached hydrogens (tertiary/aromatic N) is 1. The monoisotopic (exact) mass is 277 g/mol. The van der Waals surface area contributed by atoms with Gasteiger partial charge in [0.1, 0.15) is 0 Å². The Labute approximate surface area is 111 Å². The van der Waals surface area contributed by atoms with Gasteiger partial charge in [-0.3, -0.25) is 0 Å². The van der Waals surface area contributed by atoms with Crippen molar-refractivity contribution in [2.24, 2.45) is 5.73 Å². The van der Waals surface area contributed by atoms with Crippen LogP contribution in [0.1, 0.15) is 52.4 Å². The zero-order valence-corrected chi connectivity index (χ0v) is 12.4. The van der Waals surface area contributed by atoms with Gasteiger partial charge in [0.05, 0.1) is 0 Å². The van der Waals surface area contributed by atoms with Crippen LogP contribution in [0.15, 0.2) is 0 Å². The molecule has 1 aliphatic rings. The van der Waals surface area contributed by atoms with E-state index in [1.165, 1.54) is 4.31 Å². The van der Waals surface area contributed by atoms with E-state index in [4.69, 9.17) is 5.73 Å². The van der Waals surface area contributed by atoms with Gasteiger partial charge in [-0.05, 0) is 25.7 Å². The van der Waals surface area contributed by atoms with E-state index >= 15 is 0 Å². The summed E-state index contributed by atoms with van der Waals surface area (Å²) in [5, 5.41) is 0. The first kappa shape index (κ1) is 15.9. The Balaban J connectivity index is 2.65. The molecular formula is C12H27N3O2S. The first-order chi connectivity index (χ1) is 8.51. The molecule has 108 valence electrons. The summed E-state index contributed by atoms with van der Waals surface area (Å²) in [7, 11) is -3.38. The lowest BCUT2D eigenvalue weighted by Crippen LogP contribution is -2.53. The normalized spacial score (nSPS) is 25.6. The van der Waals surface area contributed by atoms with Gasteiger partial charge in [-0.15, -0.1) is 0 Å². The van der Waals surface area contributed by atoms with E-state index in [0.717, 1.165) is 38.5 Å². The zero-order valence-electron chi connectivity index (χ0n) is 11.6. The third kappa shape index (κ3) is 4.50. The predicted molar refractivity (Wildman–Crippen MR) is 74.4 cm³/mol. The lowest BCUT2D eigenvalue weighted by atomic mass is 9.92. The summed E-state index contributed by atoms with van der Waals surface area (Å²) in [6.07, 6.45) is 5.59. The van der Waals surface area contributed by atoms with Crippen molar-refractivity contribution in [2.75, 3.05) is 13.1 Å². The van der Waals surface area contributed by atoms with Crippen LogP contribution in [0.25, 0.3) is 0 Å². The van der Waals surface area contributed by atoms with Crippen molar-refractivity contribution in [3.05, 3.63) is 0 Å². The van der Waals surface area contributed by atoms with Crippen LogP contribution in [0.4, 0.5) is 0 Å². The van der Waals surface area contributed by atoms with Crippen LogP contribution in [0, 0.1) is 0 Å². The second-order valence-corrected chi connectivity index (χ2v) is 6.78. The minimum absolute atomic E-state index is 0.0429. The maximum Gasteiger partial charge on any atom is 0.279 e. The minimum atomic E-state index is -3.38. The molecule has 2 atom stereocenters. The molecule has 0 aliphatic heterocycles. The molecule has 0 spiro atoms. The summed E-state index contributed by atoms with van der Waals surface area (Å²) in [5.41, 5.74) is 5.99. The van der Waals surface area contributed by atoms with Crippen LogP contribution in [0.5, 0.6) is 0 Å². The molecule has 0 aromatic rings. The molecule has 0 aromatic carbocycles. The van der Waals surface area contributed by atoms with E-state index in [1.807, 2.05) is 13.8 Å². The van der Waals surface area contributed by atoms with Crippen molar-refractivity contribution < 1.29 is 8.42 Å².